The lowest BCUT2D eigenvalue weighted by molar-refractivity contribution is 0.597. The quantitative estimate of drug-likeness (QED) is 0.757. The van der Waals surface area contributed by atoms with E-state index in [4.69, 9.17) is 5.26 Å². The third-order valence-corrected chi connectivity index (χ3v) is 6.82. The summed E-state index contributed by atoms with van der Waals surface area (Å²) in [6, 6.07) is 8.24. The molecule has 0 N–H and O–H groups in total. The van der Waals surface area contributed by atoms with Crippen molar-refractivity contribution in [2.45, 2.75) is 30.6 Å². The molecular formula is C15H19NO2S2. The highest BCUT2D eigenvalue weighted by Crippen LogP contribution is 2.28. The molecule has 0 amide bonds. The summed E-state index contributed by atoms with van der Waals surface area (Å²) in [6.07, 6.45) is 5.24. The Kier molecular flexibility index (Phi) is 5.50. The Morgan fingerprint density at radius 2 is 2.05 bits per heavy atom. The molecule has 3 nitrogen and oxygen atoms in total. The summed E-state index contributed by atoms with van der Waals surface area (Å²) in [5.41, 5.74) is 0.393. The molecule has 5 heteroatoms. The van der Waals surface area contributed by atoms with E-state index < -0.39 is 9.84 Å². The minimum atomic E-state index is -3.26. The van der Waals surface area contributed by atoms with E-state index in [1.165, 1.54) is 31.7 Å². The van der Waals surface area contributed by atoms with Crippen LogP contribution in [-0.4, -0.2) is 25.7 Å². The van der Waals surface area contributed by atoms with E-state index >= 15 is 0 Å². The van der Waals surface area contributed by atoms with Crippen molar-refractivity contribution in [3.05, 3.63) is 29.8 Å². The third kappa shape index (κ3) is 4.26. The number of benzene rings is 1. The second kappa shape index (κ2) is 7.14. The van der Waals surface area contributed by atoms with E-state index in [1.807, 2.05) is 6.07 Å². The molecule has 2 rings (SSSR count). The first-order valence-corrected chi connectivity index (χ1v) is 9.73. The van der Waals surface area contributed by atoms with Gasteiger partial charge in [0.15, 0.2) is 9.84 Å². The first-order valence-electron chi connectivity index (χ1n) is 6.92. The summed E-state index contributed by atoms with van der Waals surface area (Å²) in [5, 5.41) is 8.81. The van der Waals surface area contributed by atoms with Gasteiger partial charge in [-0.25, -0.2) is 8.42 Å². The fraction of sp³-hybridized carbons (Fsp3) is 0.533. The van der Waals surface area contributed by atoms with Gasteiger partial charge in [-0.15, -0.1) is 0 Å². The highest BCUT2D eigenvalue weighted by molar-refractivity contribution is 8.00. The SMILES string of the molecule is N#Cc1cccc(S(=O)(=O)CCSCC2CCCC2)c1. The van der Waals surface area contributed by atoms with Gasteiger partial charge in [0.1, 0.15) is 0 Å². The molecular weight excluding hydrogens is 290 g/mol. The first kappa shape index (κ1) is 15.4. The van der Waals surface area contributed by atoms with Crippen molar-refractivity contribution in [1.82, 2.24) is 0 Å². The van der Waals surface area contributed by atoms with Gasteiger partial charge in [0.05, 0.1) is 22.3 Å². The summed E-state index contributed by atoms with van der Waals surface area (Å²) in [6.45, 7) is 0. The van der Waals surface area contributed by atoms with Crippen molar-refractivity contribution >= 4 is 21.6 Å². The Balaban J connectivity index is 1.85. The number of rotatable bonds is 6. The van der Waals surface area contributed by atoms with Gasteiger partial charge in [-0.05, 0) is 42.7 Å². The second-order valence-electron chi connectivity index (χ2n) is 5.18. The molecule has 1 aromatic rings. The summed E-state index contributed by atoms with van der Waals surface area (Å²) in [4.78, 5) is 0.262. The zero-order valence-electron chi connectivity index (χ0n) is 11.4. The van der Waals surface area contributed by atoms with Gasteiger partial charge in [-0.1, -0.05) is 18.9 Å². The molecule has 0 aliphatic heterocycles. The normalized spacial score (nSPS) is 16.1. The average molecular weight is 309 g/mol. The van der Waals surface area contributed by atoms with Crippen LogP contribution >= 0.6 is 11.8 Å². The Morgan fingerprint density at radius 3 is 2.75 bits per heavy atom. The van der Waals surface area contributed by atoms with Gasteiger partial charge in [-0.3, -0.25) is 0 Å². The van der Waals surface area contributed by atoms with E-state index in [1.54, 1.807) is 30.0 Å². The molecule has 0 atom stereocenters. The average Bonchev–Trinajstić information content (AvgIpc) is 2.97. The summed E-state index contributed by atoms with van der Waals surface area (Å²) < 4.78 is 24.3. The zero-order valence-corrected chi connectivity index (χ0v) is 13.0. The van der Waals surface area contributed by atoms with Gasteiger partial charge < -0.3 is 0 Å². The van der Waals surface area contributed by atoms with Crippen molar-refractivity contribution in [3.63, 3.8) is 0 Å². The maximum atomic E-state index is 12.2. The van der Waals surface area contributed by atoms with Gasteiger partial charge in [0.2, 0.25) is 0 Å². The molecule has 1 saturated carbocycles. The maximum absolute atomic E-state index is 12.2. The molecule has 108 valence electrons. The zero-order chi connectivity index (χ0) is 14.4. The van der Waals surface area contributed by atoms with Gasteiger partial charge in [0.25, 0.3) is 0 Å². The Hall–Kier alpha value is -0.990. The van der Waals surface area contributed by atoms with Crippen LogP contribution in [0.2, 0.25) is 0 Å². The van der Waals surface area contributed by atoms with E-state index in [0.29, 0.717) is 11.3 Å². The molecule has 0 spiro atoms. The maximum Gasteiger partial charge on any atom is 0.179 e. The molecule has 0 bridgehead atoms. The van der Waals surface area contributed by atoms with Gasteiger partial charge >= 0.3 is 0 Å². The lowest BCUT2D eigenvalue weighted by Crippen LogP contribution is -2.10. The van der Waals surface area contributed by atoms with Crippen LogP contribution < -0.4 is 0 Å². The third-order valence-electron chi connectivity index (χ3n) is 3.65. The van der Waals surface area contributed by atoms with Crippen molar-refractivity contribution in [1.29, 1.82) is 5.26 Å². The fourth-order valence-electron chi connectivity index (χ4n) is 2.47. The number of sulfone groups is 1. The lowest BCUT2D eigenvalue weighted by Gasteiger charge is -2.08. The van der Waals surface area contributed by atoms with Crippen LogP contribution in [0.25, 0.3) is 0 Å². The van der Waals surface area contributed by atoms with Crippen molar-refractivity contribution in [2.24, 2.45) is 5.92 Å². The standard InChI is InChI=1S/C15H19NO2S2/c16-11-14-6-3-7-15(10-14)20(17,18)9-8-19-12-13-4-1-2-5-13/h3,6-7,10,13H,1-2,4-5,8-9,12H2. The van der Waals surface area contributed by atoms with E-state index in [9.17, 15) is 8.42 Å². The smallest absolute Gasteiger partial charge is 0.179 e. The molecule has 0 unspecified atom stereocenters. The second-order valence-corrected chi connectivity index (χ2v) is 8.44. The molecule has 0 aromatic heterocycles. The molecule has 0 radical (unpaired) electrons. The Morgan fingerprint density at radius 1 is 1.30 bits per heavy atom. The Bertz CT molecular complexity index is 584. The molecule has 1 aliphatic rings. The minimum absolute atomic E-state index is 0.152. The molecule has 0 saturated heterocycles. The topological polar surface area (TPSA) is 57.9 Å². The molecule has 1 fully saturated rings. The van der Waals surface area contributed by atoms with Gasteiger partial charge in [-0.2, -0.15) is 17.0 Å². The van der Waals surface area contributed by atoms with Crippen LogP contribution in [0.3, 0.4) is 0 Å². The molecule has 20 heavy (non-hydrogen) atoms. The van der Waals surface area contributed by atoms with Crippen LogP contribution in [0.5, 0.6) is 0 Å². The summed E-state index contributed by atoms with van der Waals surface area (Å²) >= 11 is 1.74. The predicted octanol–water partition coefficient (Wildman–Crippen LogP) is 3.26. The van der Waals surface area contributed by atoms with Crippen LogP contribution in [0.1, 0.15) is 31.2 Å². The first-order chi connectivity index (χ1) is 9.62. The Labute approximate surface area is 125 Å². The number of nitriles is 1. The summed E-state index contributed by atoms with van der Waals surface area (Å²) in [5.74, 6) is 2.65. The van der Waals surface area contributed by atoms with Crippen LogP contribution in [0.4, 0.5) is 0 Å². The van der Waals surface area contributed by atoms with Crippen LogP contribution in [0.15, 0.2) is 29.2 Å². The number of hydrogen-bond acceptors (Lipinski definition) is 4. The largest absolute Gasteiger partial charge is 0.224 e. The monoisotopic (exact) mass is 309 g/mol. The highest BCUT2D eigenvalue weighted by atomic mass is 32.2. The van der Waals surface area contributed by atoms with E-state index in [2.05, 4.69) is 0 Å². The number of thioether (sulfide) groups is 1. The summed E-state index contributed by atoms with van der Waals surface area (Å²) in [7, 11) is -3.26. The number of nitrogens with zero attached hydrogens (tertiary/aromatic N) is 1. The molecule has 1 aliphatic carbocycles. The van der Waals surface area contributed by atoms with Crippen molar-refractivity contribution < 1.29 is 8.42 Å². The van der Waals surface area contributed by atoms with Crippen LogP contribution in [-0.2, 0) is 9.84 Å². The van der Waals surface area contributed by atoms with E-state index in [-0.39, 0.29) is 10.6 Å². The lowest BCUT2D eigenvalue weighted by atomic mass is 10.1. The minimum Gasteiger partial charge on any atom is -0.224 e. The van der Waals surface area contributed by atoms with Crippen molar-refractivity contribution in [2.75, 3.05) is 17.3 Å². The van der Waals surface area contributed by atoms with E-state index in [0.717, 1.165) is 11.7 Å². The molecule has 0 heterocycles. The van der Waals surface area contributed by atoms with Crippen LogP contribution in [0, 0.1) is 17.2 Å². The molecule has 1 aromatic carbocycles. The van der Waals surface area contributed by atoms with Crippen molar-refractivity contribution in [3.8, 4) is 6.07 Å². The highest BCUT2D eigenvalue weighted by Gasteiger charge is 2.17. The fourth-order valence-corrected chi connectivity index (χ4v) is 5.48. The number of hydrogen-bond donors (Lipinski definition) is 0. The predicted molar refractivity (Wildman–Crippen MR) is 82.5 cm³/mol. The van der Waals surface area contributed by atoms with Gasteiger partial charge in [0, 0.05) is 5.75 Å².